The highest BCUT2D eigenvalue weighted by atomic mass is 35.7. The number of halogens is 3. The van der Waals surface area contributed by atoms with Crippen molar-refractivity contribution < 1.29 is 17.5 Å². The Morgan fingerprint density at radius 2 is 1.90 bits per heavy atom. The molecule has 1 aromatic carbocycles. The molecule has 0 radical (unpaired) electrons. The largest absolute Gasteiger partial charge is 0.488 e. The van der Waals surface area contributed by atoms with Crippen molar-refractivity contribution in [2.45, 2.75) is 32.1 Å². The van der Waals surface area contributed by atoms with Gasteiger partial charge >= 0.3 is 0 Å². The van der Waals surface area contributed by atoms with E-state index in [1.807, 2.05) is 0 Å². The summed E-state index contributed by atoms with van der Waals surface area (Å²) >= 11 is 5.92. The van der Waals surface area contributed by atoms with Crippen LogP contribution in [0, 0.1) is 11.2 Å². The second-order valence-corrected chi connectivity index (χ2v) is 8.77. The zero-order valence-electron chi connectivity index (χ0n) is 11.4. The van der Waals surface area contributed by atoms with Crippen LogP contribution in [0.5, 0.6) is 5.75 Å². The van der Waals surface area contributed by atoms with Gasteiger partial charge in [-0.1, -0.05) is 36.9 Å². The van der Waals surface area contributed by atoms with E-state index in [0.29, 0.717) is 12.8 Å². The molecule has 0 heterocycles. The predicted octanol–water partition coefficient (Wildman–Crippen LogP) is 4.38. The van der Waals surface area contributed by atoms with Crippen molar-refractivity contribution in [3.05, 3.63) is 29.0 Å². The summed E-state index contributed by atoms with van der Waals surface area (Å²) in [6.07, 6.45) is 4.29. The fourth-order valence-corrected chi connectivity index (χ4v) is 4.86. The number of hydrogen-bond donors (Lipinski definition) is 0. The summed E-state index contributed by atoms with van der Waals surface area (Å²) in [7, 11) is 1.78. The maximum Gasteiger partial charge on any atom is 0.233 e. The summed E-state index contributed by atoms with van der Waals surface area (Å²) in [5.41, 5.74) is -0.565. The van der Waals surface area contributed by atoms with E-state index in [1.165, 1.54) is 18.2 Å². The smallest absolute Gasteiger partial charge is 0.233 e. The second-order valence-electron chi connectivity index (χ2n) is 5.58. The van der Waals surface area contributed by atoms with Crippen molar-refractivity contribution in [2.24, 2.45) is 5.41 Å². The van der Waals surface area contributed by atoms with Gasteiger partial charge in [-0.25, -0.2) is 12.8 Å². The number of hydrogen-bond acceptors (Lipinski definition) is 3. The normalized spacial score (nSPS) is 18.4. The molecule has 1 aliphatic rings. The molecule has 0 spiro atoms. The molecule has 0 atom stereocenters. The molecule has 1 fully saturated rings. The second kappa shape index (κ2) is 6.71. The minimum Gasteiger partial charge on any atom is -0.488 e. The monoisotopic (exact) mass is 354 g/mol. The minimum absolute atomic E-state index is 0.0314. The van der Waals surface area contributed by atoms with Crippen molar-refractivity contribution in [3.8, 4) is 5.75 Å². The zero-order valence-corrected chi connectivity index (χ0v) is 13.8. The highest BCUT2D eigenvalue weighted by Gasteiger charge is 2.37. The lowest BCUT2D eigenvalue weighted by Crippen LogP contribution is -2.37. The van der Waals surface area contributed by atoms with E-state index in [4.69, 9.17) is 27.0 Å². The van der Waals surface area contributed by atoms with Gasteiger partial charge in [0.25, 0.3) is 0 Å². The van der Waals surface area contributed by atoms with Gasteiger partial charge in [0.15, 0.2) is 11.6 Å². The van der Waals surface area contributed by atoms with Crippen molar-refractivity contribution in [1.29, 1.82) is 0 Å². The van der Waals surface area contributed by atoms with Crippen LogP contribution in [-0.2, 0) is 9.05 Å². The Balaban J connectivity index is 2.16. The molecule has 0 amide bonds. The molecule has 0 N–H and O–H groups in total. The third kappa shape index (κ3) is 4.73. The molecule has 7 heteroatoms. The number of para-hydroxylation sites is 1. The van der Waals surface area contributed by atoms with Crippen LogP contribution in [0.1, 0.15) is 32.1 Å². The van der Waals surface area contributed by atoms with Gasteiger partial charge in [-0.05, 0) is 25.0 Å². The molecular weight excluding hydrogens is 338 g/mol. The summed E-state index contributed by atoms with van der Waals surface area (Å²) in [6.45, 7) is 0.0968. The van der Waals surface area contributed by atoms with Crippen molar-refractivity contribution in [3.63, 3.8) is 0 Å². The molecule has 2 rings (SSSR count). The summed E-state index contributed by atoms with van der Waals surface area (Å²) in [5, 5.41) is 0.176. The summed E-state index contributed by atoms with van der Waals surface area (Å²) in [5.74, 6) is -0.744. The van der Waals surface area contributed by atoms with E-state index in [1.54, 1.807) is 0 Å². The molecule has 0 aliphatic heterocycles. The fraction of sp³-hybridized carbons (Fsp3) is 0.571. The van der Waals surface area contributed by atoms with E-state index in [9.17, 15) is 12.8 Å². The van der Waals surface area contributed by atoms with Crippen molar-refractivity contribution in [1.82, 2.24) is 0 Å². The first-order valence-corrected chi connectivity index (χ1v) is 9.66. The lowest BCUT2D eigenvalue weighted by molar-refractivity contribution is 0.116. The number of rotatable bonds is 5. The van der Waals surface area contributed by atoms with Crippen LogP contribution in [0.15, 0.2) is 18.2 Å². The van der Waals surface area contributed by atoms with Gasteiger partial charge in [0.05, 0.1) is 17.4 Å². The van der Waals surface area contributed by atoms with Crippen molar-refractivity contribution in [2.75, 3.05) is 12.4 Å². The van der Waals surface area contributed by atoms with Gasteiger partial charge in [-0.3, -0.25) is 0 Å². The molecule has 0 bridgehead atoms. The first-order chi connectivity index (χ1) is 9.81. The molecule has 0 aromatic heterocycles. The topological polar surface area (TPSA) is 43.4 Å². The Morgan fingerprint density at radius 3 is 2.48 bits per heavy atom. The molecule has 0 unspecified atom stereocenters. The lowest BCUT2D eigenvalue weighted by Gasteiger charge is -2.36. The van der Waals surface area contributed by atoms with Crippen LogP contribution in [-0.4, -0.2) is 20.8 Å². The highest BCUT2D eigenvalue weighted by Crippen LogP contribution is 2.39. The molecule has 0 saturated heterocycles. The van der Waals surface area contributed by atoms with E-state index in [0.717, 1.165) is 19.3 Å². The highest BCUT2D eigenvalue weighted by molar-refractivity contribution is 8.13. The first-order valence-electron chi connectivity index (χ1n) is 6.81. The quantitative estimate of drug-likeness (QED) is 0.737. The average Bonchev–Trinajstić information content (AvgIpc) is 2.37. The Morgan fingerprint density at radius 1 is 1.24 bits per heavy atom. The maximum atomic E-state index is 13.7. The van der Waals surface area contributed by atoms with Crippen LogP contribution in [0.2, 0.25) is 5.02 Å². The van der Waals surface area contributed by atoms with Crippen LogP contribution in [0.4, 0.5) is 4.39 Å². The number of ether oxygens (including phenoxy) is 1. The van der Waals surface area contributed by atoms with Crippen LogP contribution in [0.3, 0.4) is 0 Å². The minimum atomic E-state index is -3.64. The van der Waals surface area contributed by atoms with Gasteiger partial charge in [0.1, 0.15) is 0 Å². The van der Waals surface area contributed by atoms with Gasteiger partial charge in [0.2, 0.25) is 9.05 Å². The molecule has 1 aromatic rings. The molecule has 118 valence electrons. The SMILES string of the molecule is O=S(=O)(Cl)CC1(COc2c(F)cccc2Cl)CCCCC1. The van der Waals surface area contributed by atoms with Crippen molar-refractivity contribution >= 4 is 31.3 Å². The molecule has 3 nitrogen and oxygen atoms in total. The van der Waals surface area contributed by atoms with Gasteiger partial charge in [0, 0.05) is 16.1 Å². The third-order valence-corrected chi connectivity index (χ3v) is 5.42. The van der Waals surface area contributed by atoms with Gasteiger partial charge in [-0.15, -0.1) is 0 Å². The van der Waals surface area contributed by atoms with E-state index < -0.39 is 20.3 Å². The molecule has 1 saturated carbocycles. The van der Waals surface area contributed by atoms with Crippen LogP contribution >= 0.6 is 22.3 Å². The standard InChI is InChI=1S/C14H17Cl2FO3S/c15-11-5-4-6-12(17)13(11)20-9-14(10-21(16,18)19)7-2-1-3-8-14/h4-6H,1-3,7-10H2. The summed E-state index contributed by atoms with van der Waals surface area (Å²) in [6, 6.07) is 4.28. The Hall–Kier alpha value is -0.520. The zero-order chi connectivity index (χ0) is 15.5. The molecular formula is C14H17Cl2FO3S. The van der Waals surface area contributed by atoms with E-state index >= 15 is 0 Å². The fourth-order valence-electron chi connectivity index (χ4n) is 2.84. The predicted molar refractivity (Wildman–Crippen MR) is 82.1 cm³/mol. The van der Waals surface area contributed by atoms with Crippen LogP contribution < -0.4 is 4.74 Å². The van der Waals surface area contributed by atoms with Gasteiger partial charge in [-0.2, -0.15) is 0 Å². The molecule has 1 aliphatic carbocycles. The maximum absolute atomic E-state index is 13.7. The Bertz CT molecular complexity index is 578. The van der Waals surface area contributed by atoms with E-state index in [-0.39, 0.29) is 23.1 Å². The average molecular weight is 355 g/mol. The molecule has 21 heavy (non-hydrogen) atoms. The number of benzene rings is 1. The third-order valence-electron chi connectivity index (χ3n) is 3.83. The lowest BCUT2D eigenvalue weighted by atomic mass is 9.76. The summed E-state index contributed by atoms with van der Waals surface area (Å²) < 4.78 is 42.2. The van der Waals surface area contributed by atoms with Crippen LogP contribution in [0.25, 0.3) is 0 Å². The summed E-state index contributed by atoms with van der Waals surface area (Å²) in [4.78, 5) is 0. The first kappa shape index (κ1) is 16.8. The Kier molecular flexibility index (Phi) is 5.38. The van der Waals surface area contributed by atoms with Gasteiger partial charge < -0.3 is 4.74 Å². The Labute approximate surface area is 133 Å². The van der Waals surface area contributed by atoms with E-state index in [2.05, 4.69) is 0 Å².